The van der Waals surface area contributed by atoms with Crippen molar-refractivity contribution >= 4 is 5.78 Å². The first kappa shape index (κ1) is 11.9. The number of halogens is 1. The summed E-state index contributed by atoms with van der Waals surface area (Å²) in [6.07, 6.45) is 0. The third-order valence-electron chi connectivity index (χ3n) is 2.86. The van der Waals surface area contributed by atoms with Crippen LogP contribution in [0.3, 0.4) is 0 Å². The molecule has 1 nitrogen and oxygen atoms in total. The highest BCUT2D eigenvalue weighted by atomic mass is 19.1. The summed E-state index contributed by atoms with van der Waals surface area (Å²) in [5.41, 5.74) is 1.13. The van der Waals surface area contributed by atoms with Gasteiger partial charge in [0.1, 0.15) is 5.82 Å². The molecule has 0 aromatic heterocycles. The zero-order valence-corrected chi connectivity index (χ0v) is 9.67. The van der Waals surface area contributed by atoms with Gasteiger partial charge in [-0.25, -0.2) is 4.39 Å². The van der Waals surface area contributed by atoms with Gasteiger partial charge in [-0.2, -0.15) is 0 Å². The Balaban J connectivity index is 2.97. The van der Waals surface area contributed by atoms with Gasteiger partial charge in [0.05, 0.1) is 0 Å². The van der Waals surface area contributed by atoms with Crippen molar-refractivity contribution in [1.82, 2.24) is 0 Å². The molecule has 0 N–H and O–H groups in total. The molecule has 0 bridgehead atoms. The molecule has 1 aromatic carbocycles. The van der Waals surface area contributed by atoms with Crippen molar-refractivity contribution in [1.29, 1.82) is 0 Å². The van der Waals surface area contributed by atoms with Crippen LogP contribution in [0.15, 0.2) is 18.2 Å². The van der Waals surface area contributed by atoms with Gasteiger partial charge >= 0.3 is 0 Å². The first-order valence-corrected chi connectivity index (χ1v) is 5.24. The molecule has 0 spiro atoms. The van der Waals surface area contributed by atoms with E-state index in [1.807, 2.05) is 20.8 Å². The quantitative estimate of drug-likeness (QED) is 0.693. The van der Waals surface area contributed by atoms with Crippen LogP contribution >= 0.6 is 0 Å². The number of Topliss-reactive ketones (excluding diaryl/α,β-unsaturated/α-hetero) is 1. The fraction of sp³-hybridized carbons (Fsp3) is 0.462. The monoisotopic (exact) mass is 208 g/mol. The van der Waals surface area contributed by atoms with E-state index in [0.29, 0.717) is 17.0 Å². The molecule has 0 fully saturated rings. The predicted molar refractivity (Wildman–Crippen MR) is 59.5 cm³/mol. The summed E-state index contributed by atoms with van der Waals surface area (Å²) in [4.78, 5) is 11.9. The number of rotatable bonds is 3. The molecular formula is C13H17FO. The van der Waals surface area contributed by atoms with Gasteiger partial charge < -0.3 is 0 Å². The van der Waals surface area contributed by atoms with E-state index in [0.717, 1.165) is 0 Å². The van der Waals surface area contributed by atoms with Crippen molar-refractivity contribution in [2.45, 2.75) is 27.7 Å². The van der Waals surface area contributed by atoms with Crippen LogP contribution in [0, 0.1) is 24.6 Å². The summed E-state index contributed by atoms with van der Waals surface area (Å²) in [5, 5.41) is 0. The normalized spacial score (nSPS) is 12.9. The maximum Gasteiger partial charge on any atom is 0.165 e. The Bertz CT molecular complexity index is 369. The van der Waals surface area contributed by atoms with Gasteiger partial charge in [-0.3, -0.25) is 4.79 Å². The van der Waals surface area contributed by atoms with Crippen LogP contribution in [-0.4, -0.2) is 5.78 Å². The molecule has 1 atom stereocenters. The lowest BCUT2D eigenvalue weighted by atomic mass is 9.89. The summed E-state index contributed by atoms with van der Waals surface area (Å²) < 4.78 is 13.0. The highest BCUT2D eigenvalue weighted by Gasteiger charge is 2.18. The first-order valence-electron chi connectivity index (χ1n) is 5.24. The second-order valence-corrected chi connectivity index (χ2v) is 4.36. The Hall–Kier alpha value is -1.18. The zero-order valence-electron chi connectivity index (χ0n) is 9.67. The maximum atomic E-state index is 13.0. The Labute approximate surface area is 90.3 Å². The van der Waals surface area contributed by atoms with Crippen LogP contribution in [0.25, 0.3) is 0 Å². The van der Waals surface area contributed by atoms with Crippen LogP contribution in [0.1, 0.15) is 36.7 Å². The average molecular weight is 208 g/mol. The van der Waals surface area contributed by atoms with E-state index in [4.69, 9.17) is 0 Å². The molecule has 82 valence electrons. The summed E-state index contributed by atoms with van der Waals surface area (Å²) in [6.45, 7) is 7.61. The van der Waals surface area contributed by atoms with Crippen LogP contribution in [-0.2, 0) is 0 Å². The minimum Gasteiger partial charge on any atom is -0.294 e. The zero-order chi connectivity index (χ0) is 11.6. The van der Waals surface area contributed by atoms with Gasteiger partial charge in [-0.1, -0.05) is 20.8 Å². The molecule has 1 unspecified atom stereocenters. The maximum absolute atomic E-state index is 13.0. The van der Waals surface area contributed by atoms with E-state index in [1.165, 1.54) is 6.07 Å². The Morgan fingerprint density at radius 2 is 1.87 bits per heavy atom. The van der Waals surface area contributed by atoms with E-state index in [-0.39, 0.29) is 17.5 Å². The topological polar surface area (TPSA) is 17.1 Å². The van der Waals surface area contributed by atoms with Gasteiger partial charge in [-0.05, 0) is 36.6 Å². The fourth-order valence-corrected chi connectivity index (χ4v) is 1.36. The van der Waals surface area contributed by atoms with E-state index in [2.05, 4.69) is 0 Å². The third kappa shape index (κ3) is 2.65. The number of aryl methyl sites for hydroxylation is 1. The van der Waals surface area contributed by atoms with Gasteiger partial charge in [0.2, 0.25) is 0 Å². The minimum atomic E-state index is -0.260. The van der Waals surface area contributed by atoms with Crippen molar-refractivity contribution < 1.29 is 9.18 Å². The summed E-state index contributed by atoms with van der Waals surface area (Å²) in [5.74, 6) is 0.120. The van der Waals surface area contributed by atoms with E-state index >= 15 is 0 Å². The molecule has 0 aliphatic heterocycles. The van der Waals surface area contributed by atoms with Crippen LogP contribution < -0.4 is 0 Å². The van der Waals surface area contributed by atoms with Crippen molar-refractivity contribution in [3.63, 3.8) is 0 Å². The van der Waals surface area contributed by atoms with E-state index < -0.39 is 0 Å². The lowest BCUT2D eigenvalue weighted by Crippen LogP contribution is -2.17. The summed E-state index contributed by atoms with van der Waals surface area (Å²) in [6, 6.07) is 4.54. The number of hydrogen-bond acceptors (Lipinski definition) is 1. The second kappa shape index (κ2) is 4.56. The molecule has 2 heteroatoms. The second-order valence-electron chi connectivity index (χ2n) is 4.36. The number of hydrogen-bond donors (Lipinski definition) is 0. The minimum absolute atomic E-state index is 0.0186. The van der Waals surface area contributed by atoms with Crippen LogP contribution in [0.2, 0.25) is 0 Å². The number of ketones is 1. The van der Waals surface area contributed by atoms with Gasteiger partial charge in [0.15, 0.2) is 5.78 Å². The molecule has 1 aromatic rings. The van der Waals surface area contributed by atoms with E-state index in [1.54, 1.807) is 19.1 Å². The van der Waals surface area contributed by atoms with Crippen molar-refractivity contribution in [3.8, 4) is 0 Å². The Morgan fingerprint density at radius 1 is 1.27 bits per heavy atom. The molecule has 0 radical (unpaired) electrons. The molecule has 0 aliphatic rings. The van der Waals surface area contributed by atoms with Gasteiger partial charge in [-0.15, -0.1) is 0 Å². The molecule has 0 heterocycles. The lowest BCUT2D eigenvalue weighted by Gasteiger charge is -2.14. The smallest absolute Gasteiger partial charge is 0.165 e. The molecule has 15 heavy (non-hydrogen) atoms. The lowest BCUT2D eigenvalue weighted by molar-refractivity contribution is 0.0899. The number of benzene rings is 1. The standard InChI is InChI=1S/C13H17FO/c1-8(2)10(4)13(15)11-5-6-12(14)9(3)7-11/h5-8,10H,1-4H3. The van der Waals surface area contributed by atoms with Crippen molar-refractivity contribution in [2.24, 2.45) is 11.8 Å². The molecule has 0 aliphatic carbocycles. The van der Waals surface area contributed by atoms with E-state index in [9.17, 15) is 9.18 Å². The molecule has 0 saturated heterocycles. The Kier molecular flexibility index (Phi) is 3.61. The van der Waals surface area contributed by atoms with Crippen molar-refractivity contribution in [3.05, 3.63) is 35.1 Å². The number of carbonyl (C=O) groups excluding carboxylic acids is 1. The average Bonchev–Trinajstić information content (AvgIpc) is 2.19. The SMILES string of the molecule is Cc1cc(C(=O)C(C)C(C)C)ccc1F. The summed E-state index contributed by atoms with van der Waals surface area (Å²) >= 11 is 0. The summed E-state index contributed by atoms with van der Waals surface area (Å²) in [7, 11) is 0. The van der Waals surface area contributed by atoms with Gasteiger partial charge in [0, 0.05) is 11.5 Å². The highest BCUT2D eigenvalue weighted by Crippen LogP contribution is 2.18. The Morgan fingerprint density at radius 3 is 2.33 bits per heavy atom. The highest BCUT2D eigenvalue weighted by molar-refractivity contribution is 5.97. The van der Waals surface area contributed by atoms with Gasteiger partial charge in [0.25, 0.3) is 0 Å². The fourth-order valence-electron chi connectivity index (χ4n) is 1.36. The van der Waals surface area contributed by atoms with Crippen LogP contribution in [0.4, 0.5) is 4.39 Å². The molecule has 0 amide bonds. The van der Waals surface area contributed by atoms with Crippen LogP contribution in [0.5, 0.6) is 0 Å². The molecule has 1 rings (SSSR count). The predicted octanol–water partition coefficient (Wildman–Crippen LogP) is 3.61. The number of carbonyl (C=O) groups is 1. The molecule has 0 saturated carbocycles. The molecular weight excluding hydrogens is 191 g/mol. The van der Waals surface area contributed by atoms with Crippen molar-refractivity contribution in [2.75, 3.05) is 0 Å². The first-order chi connectivity index (χ1) is 6.93. The third-order valence-corrected chi connectivity index (χ3v) is 2.86. The largest absolute Gasteiger partial charge is 0.294 e.